The van der Waals surface area contributed by atoms with Crippen molar-refractivity contribution in [3.63, 3.8) is 0 Å². The van der Waals surface area contributed by atoms with Crippen LogP contribution < -0.4 is 15.5 Å². The zero-order valence-electron chi connectivity index (χ0n) is 12.9. The van der Waals surface area contributed by atoms with Crippen molar-refractivity contribution < 1.29 is 9.53 Å². The van der Waals surface area contributed by atoms with E-state index in [2.05, 4.69) is 20.5 Å². The highest BCUT2D eigenvalue weighted by molar-refractivity contribution is 5.89. The Kier molecular flexibility index (Phi) is 5.06. The van der Waals surface area contributed by atoms with Gasteiger partial charge in [-0.15, -0.1) is 0 Å². The number of para-hydroxylation sites is 1. The number of benzene rings is 1. The van der Waals surface area contributed by atoms with Gasteiger partial charge >= 0.3 is 6.03 Å². The molecule has 0 unspecified atom stereocenters. The minimum atomic E-state index is -0.229. The molecule has 1 aromatic carbocycles. The summed E-state index contributed by atoms with van der Waals surface area (Å²) in [6.07, 6.45) is 1.78. The molecular formula is C17H20N4O2. The topological polar surface area (TPSA) is 66.5 Å². The number of carbonyl (C=O) groups is 1. The number of anilines is 2. The molecule has 1 aliphatic rings. The molecule has 0 spiro atoms. The Balaban J connectivity index is 1.60. The lowest BCUT2D eigenvalue weighted by atomic mass is 10.2. The predicted octanol–water partition coefficient (Wildman–Crippen LogP) is 2.24. The number of ether oxygens (including phenoxy) is 1. The number of hydrogen-bond acceptors (Lipinski definition) is 4. The molecule has 0 radical (unpaired) electrons. The molecule has 0 saturated carbocycles. The van der Waals surface area contributed by atoms with E-state index in [0.29, 0.717) is 19.8 Å². The molecule has 3 rings (SSSR count). The predicted molar refractivity (Wildman–Crippen MR) is 89.6 cm³/mol. The van der Waals surface area contributed by atoms with Crippen molar-refractivity contribution in [3.8, 4) is 0 Å². The van der Waals surface area contributed by atoms with Crippen molar-refractivity contribution in [2.45, 2.75) is 6.54 Å². The monoisotopic (exact) mass is 312 g/mol. The van der Waals surface area contributed by atoms with Crippen LogP contribution in [-0.2, 0) is 11.3 Å². The molecule has 23 heavy (non-hydrogen) atoms. The largest absolute Gasteiger partial charge is 0.378 e. The maximum absolute atomic E-state index is 12.0. The summed E-state index contributed by atoms with van der Waals surface area (Å²) in [5, 5.41) is 5.69. The van der Waals surface area contributed by atoms with Gasteiger partial charge in [-0.2, -0.15) is 0 Å². The second-order valence-corrected chi connectivity index (χ2v) is 5.26. The van der Waals surface area contributed by atoms with Crippen molar-refractivity contribution in [3.05, 3.63) is 54.2 Å². The van der Waals surface area contributed by atoms with Crippen LogP contribution in [0, 0.1) is 0 Å². The summed E-state index contributed by atoms with van der Waals surface area (Å²) in [6.45, 7) is 3.48. The van der Waals surface area contributed by atoms with E-state index in [9.17, 15) is 4.79 Å². The van der Waals surface area contributed by atoms with Crippen molar-refractivity contribution in [1.29, 1.82) is 0 Å². The maximum Gasteiger partial charge on any atom is 0.319 e. The number of nitrogens with zero attached hydrogens (tertiary/aromatic N) is 2. The number of nitrogens with one attached hydrogen (secondary N) is 2. The van der Waals surface area contributed by atoms with Crippen LogP contribution in [-0.4, -0.2) is 37.3 Å². The van der Waals surface area contributed by atoms with Crippen LogP contribution in [0.15, 0.2) is 48.7 Å². The van der Waals surface area contributed by atoms with Gasteiger partial charge in [-0.3, -0.25) is 0 Å². The van der Waals surface area contributed by atoms with E-state index < -0.39 is 0 Å². The molecule has 1 saturated heterocycles. The minimum Gasteiger partial charge on any atom is -0.378 e. The molecule has 0 atom stereocenters. The first kappa shape index (κ1) is 15.3. The third-order valence-electron chi connectivity index (χ3n) is 3.65. The average molecular weight is 312 g/mol. The van der Waals surface area contributed by atoms with E-state index in [0.717, 1.165) is 30.2 Å². The van der Waals surface area contributed by atoms with E-state index in [1.54, 1.807) is 6.20 Å². The molecule has 120 valence electrons. The summed E-state index contributed by atoms with van der Waals surface area (Å²) in [5.74, 6) is 0.913. The molecule has 1 fully saturated rings. The lowest BCUT2D eigenvalue weighted by Gasteiger charge is -2.29. The highest BCUT2D eigenvalue weighted by atomic mass is 16.5. The maximum atomic E-state index is 12.0. The Bertz CT molecular complexity index is 642. The number of carbonyl (C=O) groups excluding carboxylic acids is 1. The summed E-state index contributed by atoms with van der Waals surface area (Å²) in [4.78, 5) is 18.7. The molecule has 1 aliphatic heterocycles. The van der Waals surface area contributed by atoms with Gasteiger partial charge in [0.2, 0.25) is 0 Å². The molecule has 1 aromatic heterocycles. The lowest BCUT2D eigenvalue weighted by Crippen LogP contribution is -2.38. The lowest BCUT2D eigenvalue weighted by molar-refractivity contribution is 0.122. The van der Waals surface area contributed by atoms with Crippen molar-refractivity contribution in [1.82, 2.24) is 10.3 Å². The van der Waals surface area contributed by atoms with Crippen LogP contribution in [0.25, 0.3) is 0 Å². The fourth-order valence-electron chi connectivity index (χ4n) is 2.50. The molecular weight excluding hydrogens is 292 g/mol. The van der Waals surface area contributed by atoms with Gasteiger partial charge in [-0.05, 0) is 18.2 Å². The Morgan fingerprint density at radius 1 is 1.13 bits per heavy atom. The number of morpholine rings is 1. The SMILES string of the molecule is O=C(NCc1cccnc1N1CCOCC1)Nc1ccccc1. The second kappa shape index (κ2) is 7.60. The third-order valence-corrected chi connectivity index (χ3v) is 3.65. The zero-order valence-corrected chi connectivity index (χ0v) is 12.9. The van der Waals surface area contributed by atoms with E-state index in [-0.39, 0.29) is 6.03 Å². The number of urea groups is 1. The quantitative estimate of drug-likeness (QED) is 0.908. The molecule has 2 aromatic rings. The van der Waals surface area contributed by atoms with E-state index >= 15 is 0 Å². The Hall–Kier alpha value is -2.60. The molecule has 2 N–H and O–H groups in total. The normalized spacial score (nSPS) is 14.3. The van der Waals surface area contributed by atoms with Gasteiger partial charge in [-0.1, -0.05) is 24.3 Å². The molecule has 6 heteroatoms. The Morgan fingerprint density at radius 3 is 2.70 bits per heavy atom. The minimum absolute atomic E-state index is 0.229. The van der Waals surface area contributed by atoms with Gasteiger partial charge in [-0.25, -0.2) is 9.78 Å². The summed E-state index contributed by atoms with van der Waals surface area (Å²) < 4.78 is 5.38. The fraction of sp³-hybridized carbons (Fsp3) is 0.294. The Labute approximate surface area is 135 Å². The average Bonchev–Trinajstić information content (AvgIpc) is 2.62. The highest BCUT2D eigenvalue weighted by Crippen LogP contribution is 2.18. The van der Waals surface area contributed by atoms with Crippen molar-refractivity contribution in [2.24, 2.45) is 0 Å². The summed E-state index contributed by atoms with van der Waals surface area (Å²) in [7, 11) is 0. The smallest absolute Gasteiger partial charge is 0.319 e. The molecule has 2 amide bonds. The Morgan fingerprint density at radius 2 is 1.91 bits per heavy atom. The van der Waals surface area contributed by atoms with E-state index in [4.69, 9.17) is 4.74 Å². The number of pyridine rings is 1. The van der Waals surface area contributed by atoms with Crippen LogP contribution in [0.4, 0.5) is 16.3 Å². The molecule has 0 aliphatic carbocycles. The summed E-state index contributed by atoms with van der Waals surface area (Å²) in [6, 6.07) is 13.0. The van der Waals surface area contributed by atoms with Gasteiger partial charge in [0.15, 0.2) is 0 Å². The van der Waals surface area contributed by atoms with Gasteiger partial charge in [0, 0.05) is 37.1 Å². The first-order chi connectivity index (χ1) is 11.3. The first-order valence-corrected chi connectivity index (χ1v) is 7.69. The van der Waals surface area contributed by atoms with Crippen molar-refractivity contribution in [2.75, 3.05) is 36.5 Å². The van der Waals surface area contributed by atoms with E-state index in [1.165, 1.54) is 0 Å². The standard InChI is InChI=1S/C17H20N4O2/c22-17(20-15-6-2-1-3-7-15)19-13-14-5-4-8-18-16(14)21-9-11-23-12-10-21/h1-8H,9-13H2,(H2,19,20,22). The summed E-state index contributed by atoms with van der Waals surface area (Å²) in [5.41, 5.74) is 1.77. The fourth-order valence-corrected chi connectivity index (χ4v) is 2.50. The molecule has 2 heterocycles. The zero-order chi connectivity index (χ0) is 15.9. The van der Waals surface area contributed by atoms with Crippen LogP contribution in [0.2, 0.25) is 0 Å². The molecule has 0 bridgehead atoms. The number of rotatable bonds is 4. The van der Waals surface area contributed by atoms with Crippen LogP contribution in [0.1, 0.15) is 5.56 Å². The van der Waals surface area contributed by atoms with Crippen LogP contribution in [0.3, 0.4) is 0 Å². The molecule has 6 nitrogen and oxygen atoms in total. The van der Waals surface area contributed by atoms with Crippen molar-refractivity contribution >= 4 is 17.5 Å². The number of aromatic nitrogens is 1. The van der Waals surface area contributed by atoms with Crippen LogP contribution in [0.5, 0.6) is 0 Å². The van der Waals surface area contributed by atoms with Gasteiger partial charge in [0.05, 0.1) is 13.2 Å². The number of amides is 2. The van der Waals surface area contributed by atoms with E-state index in [1.807, 2.05) is 42.5 Å². The van der Waals surface area contributed by atoms with Gasteiger partial charge in [0.1, 0.15) is 5.82 Å². The third kappa shape index (κ3) is 4.20. The first-order valence-electron chi connectivity index (χ1n) is 7.69. The van der Waals surface area contributed by atoms with Crippen LogP contribution >= 0.6 is 0 Å². The van der Waals surface area contributed by atoms with Gasteiger partial charge < -0.3 is 20.3 Å². The summed E-state index contributed by atoms with van der Waals surface area (Å²) >= 11 is 0. The highest BCUT2D eigenvalue weighted by Gasteiger charge is 2.16. The second-order valence-electron chi connectivity index (χ2n) is 5.26. The van der Waals surface area contributed by atoms with Gasteiger partial charge in [0.25, 0.3) is 0 Å². The number of hydrogen-bond donors (Lipinski definition) is 2.